The third kappa shape index (κ3) is 5.68. The van der Waals surface area contributed by atoms with Crippen LogP contribution in [0.3, 0.4) is 0 Å². The number of rotatable bonds is 10. The predicted molar refractivity (Wildman–Crippen MR) is 90.9 cm³/mol. The van der Waals surface area contributed by atoms with Gasteiger partial charge in [-0.05, 0) is 44.1 Å². The van der Waals surface area contributed by atoms with Crippen LogP contribution in [0.4, 0.5) is 0 Å². The minimum absolute atomic E-state index is 0.566. The summed E-state index contributed by atoms with van der Waals surface area (Å²) in [5.41, 5.74) is 1.31. The summed E-state index contributed by atoms with van der Waals surface area (Å²) in [4.78, 5) is 2.47. The Balaban J connectivity index is 2.74. The molecule has 120 valence electrons. The fourth-order valence-corrected chi connectivity index (χ4v) is 3.08. The van der Waals surface area contributed by atoms with E-state index in [1.165, 1.54) is 18.4 Å². The van der Waals surface area contributed by atoms with Crippen molar-refractivity contribution in [3.8, 4) is 5.75 Å². The van der Waals surface area contributed by atoms with Gasteiger partial charge in [-0.1, -0.05) is 39.3 Å². The Hall–Kier alpha value is -1.06. The van der Waals surface area contributed by atoms with E-state index in [-0.39, 0.29) is 0 Å². The molecule has 2 atom stereocenters. The summed E-state index contributed by atoms with van der Waals surface area (Å²) < 4.78 is 5.32. The Morgan fingerprint density at radius 3 is 2.57 bits per heavy atom. The fourth-order valence-electron chi connectivity index (χ4n) is 3.08. The topological polar surface area (TPSA) is 24.5 Å². The zero-order chi connectivity index (χ0) is 15.7. The van der Waals surface area contributed by atoms with E-state index in [0.29, 0.717) is 12.1 Å². The van der Waals surface area contributed by atoms with Crippen LogP contribution < -0.4 is 10.1 Å². The molecular weight excluding hydrogens is 260 g/mol. The second kappa shape index (κ2) is 9.80. The van der Waals surface area contributed by atoms with Crippen LogP contribution in [0.15, 0.2) is 24.3 Å². The summed E-state index contributed by atoms with van der Waals surface area (Å²) in [5, 5.41) is 3.66. The van der Waals surface area contributed by atoms with Gasteiger partial charge in [0.1, 0.15) is 5.75 Å². The van der Waals surface area contributed by atoms with Crippen molar-refractivity contribution in [2.24, 2.45) is 0 Å². The summed E-state index contributed by atoms with van der Waals surface area (Å²) in [5.74, 6) is 0.936. The highest BCUT2D eigenvalue weighted by atomic mass is 16.5. The van der Waals surface area contributed by atoms with E-state index in [0.717, 1.165) is 25.3 Å². The van der Waals surface area contributed by atoms with Crippen molar-refractivity contribution in [3.05, 3.63) is 29.8 Å². The molecule has 0 aliphatic heterocycles. The molecule has 21 heavy (non-hydrogen) atoms. The van der Waals surface area contributed by atoms with Gasteiger partial charge in [-0.3, -0.25) is 4.90 Å². The van der Waals surface area contributed by atoms with E-state index >= 15 is 0 Å². The Morgan fingerprint density at radius 1 is 1.24 bits per heavy atom. The Labute approximate surface area is 130 Å². The molecule has 3 heteroatoms. The molecule has 0 bridgehead atoms. The maximum atomic E-state index is 5.32. The normalized spacial score (nSPS) is 14.2. The molecule has 0 aliphatic rings. The van der Waals surface area contributed by atoms with Crippen molar-refractivity contribution >= 4 is 0 Å². The van der Waals surface area contributed by atoms with Crippen LogP contribution in [-0.4, -0.2) is 37.7 Å². The van der Waals surface area contributed by atoms with Crippen molar-refractivity contribution < 1.29 is 4.74 Å². The number of likely N-dealkylation sites (N-methyl/N-ethyl adjacent to an activating group) is 2. The maximum absolute atomic E-state index is 5.32. The number of methoxy groups -OCH3 is 1. The van der Waals surface area contributed by atoms with E-state index in [1.807, 2.05) is 6.07 Å². The third-order valence-electron chi connectivity index (χ3n) is 4.08. The Morgan fingerprint density at radius 2 is 2.00 bits per heavy atom. The van der Waals surface area contributed by atoms with Gasteiger partial charge in [-0.15, -0.1) is 0 Å². The molecule has 0 saturated heterocycles. The highest BCUT2D eigenvalue weighted by Gasteiger charge is 2.22. The maximum Gasteiger partial charge on any atom is 0.119 e. The molecule has 0 radical (unpaired) electrons. The molecule has 0 saturated carbocycles. The zero-order valence-electron chi connectivity index (χ0n) is 14.4. The van der Waals surface area contributed by atoms with Crippen molar-refractivity contribution in [2.45, 2.75) is 58.7 Å². The molecule has 0 spiro atoms. The summed E-state index contributed by atoms with van der Waals surface area (Å²) in [7, 11) is 3.95. The van der Waals surface area contributed by atoms with Gasteiger partial charge >= 0.3 is 0 Å². The lowest BCUT2D eigenvalue weighted by Gasteiger charge is -2.34. The minimum atomic E-state index is 0.566. The number of ether oxygens (including phenoxy) is 1. The van der Waals surface area contributed by atoms with Crippen molar-refractivity contribution in [1.29, 1.82) is 0 Å². The second-order valence-electron chi connectivity index (χ2n) is 5.70. The lowest BCUT2D eigenvalue weighted by atomic mass is 9.99. The van der Waals surface area contributed by atoms with Crippen LogP contribution in [0.25, 0.3) is 0 Å². The van der Waals surface area contributed by atoms with Gasteiger partial charge in [0.25, 0.3) is 0 Å². The average molecular weight is 292 g/mol. The third-order valence-corrected chi connectivity index (χ3v) is 4.08. The molecule has 1 aromatic rings. The lowest BCUT2D eigenvalue weighted by molar-refractivity contribution is 0.173. The molecule has 0 heterocycles. The molecule has 0 fully saturated rings. The van der Waals surface area contributed by atoms with Crippen LogP contribution in [0.2, 0.25) is 0 Å². The summed E-state index contributed by atoms with van der Waals surface area (Å²) >= 11 is 0. The van der Waals surface area contributed by atoms with Gasteiger partial charge < -0.3 is 10.1 Å². The van der Waals surface area contributed by atoms with Gasteiger partial charge in [-0.25, -0.2) is 0 Å². The first-order chi connectivity index (χ1) is 10.2. The first kappa shape index (κ1) is 18.0. The molecule has 1 N–H and O–H groups in total. The van der Waals surface area contributed by atoms with Gasteiger partial charge in [0.15, 0.2) is 0 Å². The zero-order valence-corrected chi connectivity index (χ0v) is 14.4. The molecule has 0 amide bonds. The smallest absolute Gasteiger partial charge is 0.119 e. The van der Waals surface area contributed by atoms with Gasteiger partial charge in [0.2, 0.25) is 0 Å². The highest BCUT2D eigenvalue weighted by molar-refractivity contribution is 5.28. The number of hydrogen-bond acceptors (Lipinski definition) is 3. The van der Waals surface area contributed by atoms with E-state index in [1.54, 1.807) is 7.11 Å². The van der Waals surface area contributed by atoms with E-state index in [2.05, 4.69) is 56.2 Å². The summed E-state index contributed by atoms with van der Waals surface area (Å²) in [6.45, 7) is 8.73. The van der Waals surface area contributed by atoms with Crippen molar-refractivity contribution in [2.75, 3.05) is 20.7 Å². The Bertz CT molecular complexity index is 389. The molecule has 2 unspecified atom stereocenters. The van der Waals surface area contributed by atoms with Crippen LogP contribution in [0.1, 0.15) is 45.6 Å². The van der Waals surface area contributed by atoms with E-state index in [9.17, 15) is 0 Å². The molecular formula is C18H32N2O. The lowest BCUT2D eigenvalue weighted by Crippen LogP contribution is -2.48. The molecule has 3 nitrogen and oxygen atoms in total. The quantitative estimate of drug-likeness (QED) is 0.712. The average Bonchev–Trinajstić information content (AvgIpc) is 2.48. The highest BCUT2D eigenvalue weighted by Crippen LogP contribution is 2.18. The second-order valence-corrected chi connectivity index (χ2v) is 5.70. The van der Waals surface area contributed by atoms with E-state index in [4.69, 9.17) is 4.74 Å². The van der Waals surface area contributed by atoms with Crippen molar-refractivity contribution in [3.63, 3.8) is 0 Å². The molecule has 0 aliphatic carbocycles. The largest absolute Gasteiger partial charge is 0.497 e. The number of hydrogen-bond donors (Lipinski definition) is 1. The van der Waals surface area contributed by atoms with Crippen LogP contribution in [-0.2, 0) is 6.54 Å². The first-order valence-electron chi connectivity index (χ1n) is 8.22. The number of nitrogens with one attached hydrogen (secondary N) is 1. The number of benzene rings is 1. The van der Waals surface area contributed by atoms with Gasteiger partial charge in [-0.2, -0.15) is 0 Å². The summed E-state index contributed by atoms with van der Waals surface area (Å²) in [6, 6.07) is 9.51. The predicted octanol–water partition coefficient (Wildman–Crippen LogP) is 3.68. The van der Waals surface area contributed by atoms with Crippen LogP contribution in [0.5, 0.6) is 5.75 Å². The molecule has 1 aromatic carbocycles. The first-order valence-corrected chi connectivity index (χ1v) is 8.22. The van der Waals surface area contributed by atoms with Crippen LogP contribution in [0, 0.1) is 0 Å². The van der Waals surface area contributed by atoms with Gasteiger partial charge in [0, 0.05) is 18.6 Å². The minimum Gasteiger partial charge on any atom is -0.497 e. The Kier molecular flexibility index (Phi) is 8.40. The molecule has 0 aromatic heterocycles. The number of nitrogens with zero attached hydrogens (tertiary/aromatic N) is 1. The van der Waals surface area contributed by atoms with Crippen molar-refractivity contribution in [1.82, 2.24) is 10.2 Å². The van der Waals surface area contributed by atoms with Gasteiger partial charge in [0.05, 0.1) is 7.11 Å². The SMILES string of the molecule is CCCC(NCC)C(CC)N(C)Cc1cccc(OC)c1. The monoisotopic (exact) mass is 292 g/mol. The molecule has 1 rings (SSSR count). The van der Waals surface area contributed by atoms with E-state index < -0.39 is 0 Å². The van der Waals surface area contributed by atoms with Crippen LogP contribution >= 0.6 is 0 Å². The summed E-state index contributed by atoms with van der Waals surface area (Å²) in [6.07, 6.45) is 3.62. The standard InChI is InChI=1S/C18H32N2O/c1-6-10-17(19-8-3)18(7-2)20(4)14-15-11-9-12-16(13-15)21-5/h9,11-13,17-19H,6-8,10,14H2,1-5H3. The fraction of sp³-hybridized carbons (Fsp3) is 0.667.